The summed E-state index contributed by atoms with van der Waals surface area (Å²) in [5.41, 5.74) is 0.678. The third kappa shape index (κ3) is 3.03. The maximum Gasteiger partial charge on any atom is 0.00106 e. The van der Waals surface area contributed by atoms with E-state index in [1.165, 1.54) is 58.4 Å². The molecule has 0 aromatic rings. The van der Waals surface area contributed by atoms with Gasteiger partial charge in [-0.1, -0.05) is 33.6 Å². The van der Waals surface area contributed by atoms with Gasteiger partial charge in [0.05, 0.1) is 0 Å². The van der Waals surface area contributed by atoms with Crippen LogP contribution in [-0.2, 0) is 0 Å². The smallest absolute Gasteiger partial charge is 0.00106 e. The van der Waals surface area contributed by atoms with Gasteiger partial charge >= 0.3 is 0 Å². The lowest BCUT2D eigenvalue weighted by atomic mass is 9.74. The van der Waals surface area contributed by atoms with Crippen LogP contribution in [0, 0.1) is 17.3 Å². The first-order chi connectivity index (χ1) is 8.19. The van der Waals surface area contributed by atoms with E-state index in [0.717, 1.165) is 11.8 Å². The third-order valence-electron chi connectivity index (χ3n) is 5.58. The number of nitrogens with zero attached hydrogens (tertiary/aromatic N) is 1. The molecular weight excluding hydrogens is 208 g/mol. The molecule has 0 aliphatic carbocycles. The third-order valence-corrected chi connectivity index (χ3v) is 5.58. The lowest BCUT2D eigenvalue weighted by molar-refractivity contribution is 0.0727. The predicted molar refractivity (Wildman–Crippen MR) is 74.2 cm³/mol. The van der Waals surface area contributed by atoms with E-state index in [4.69, 9.17) is 0 Å². The SMILES string of the molecule is CCC1(CC)CCN(CC(C)C2CNC2)CC1. The van der Waals surface area contributed by atoms with E-state index in [1.807, 2.05) is 0 Å². The molecule has 2 aliphatic heterocycles. The Bertz CT molecular complexity index is 221. The molecule has 0 saturated carbocycles. The van der Waals surface area contributed by atoms with E-state index in [-0.39, 0.29) is 0 Å². The van der Waals surface area contributed by atoms with Crippen LogP contribution in [0.3, 0.4) is 0 Å². The van der Waals surface area contributed by atoms with Crippen molar-refractivity contribution in [2.75, 3.05) is 32.7 Å². The minimum Gasteiger partial charge on any atom is -0.316 e. The molecule has 0 spiro atoms. The highest BCUT2D eigenvalue weighted by atomic mass is 15.1. The van der Waals surface area contributed by atoms with Crippen molar-refractivity contribution in [3.63, 3.8) is 0 Å². The van der Waals surface area contributed by atoms with Crippen molar-refractivity contribution in [2.24, 2.45) is 17.3 Å². The highest BCUT2D eigenvalue weighted by Gasteiger charge is 2.32. The predicted octanol–water partition coefficient (Wildman–Crippen LogP) is 2.74. The van der Waals surface area contributed by atoms with E-state index in [1.54, 1.807) is 0 Å². The van der Waals surface area contributed by atoms with Gasteiger partial charge in [-0.25, -0.2) is 0 Å². The van der Waals surface area contributed by atoms with E-state index >= 15 is 0 Å². The monoisotopic (exact) mass is 238 g/mol. The molecule has 2 fully saturated rings. The van der Waals surface area contributed by atoms with Crippen molar-refractivity contribution < 1.29 is 0 Å². The molecule has 2 saturated heterocycles. The first-order valence-corrected chi connectivity index (χ1v) is 7.62. The van der Waals surface area contributed by atoms with Crippen LogP contribution in [0.1, 0.15) is 46.5 Å². The second kappa shape index (κ2) is 5.71. The quantitative estimate of drug-likeness (QED) is 0.792. The van der Waals surface area contributed by atoms with Crippen LogP contribution >= 0.6 is 0 Å². The van der Waals surface area contributed by atoms with Crippen LogP contribution in [0.5, 0.6) is 0 Å². The van der Waals surface area contributed by atoms with E-state index in [2.05, 4.69) is 31.0 Å². The Balaban J connectivity index is 1.74. The maximum atomic E-state index is 3.39. The van der Waals surface area contributed by atoms with Crippen molar-refractivity contribution in [1.29, 1.82) is 0 Å². The van der Waals surface area contributed by atoms with Gasteiger partial charge in [-0.2, -0.15) is 0 Å². The summed E-state index contributed by atoms with van der Waals surface area (Å²) in [4.78, 5) is 2.71. The highest BCUT2D eigenvalue weighted by molar-refractivity contribution is 4.86. The summed E-state index contributed by atoms with van der Waals surface area (Å²) in [6.07, 6.45) is 5.60. The summed E-state index contributed by atoms with van der Waals surface area (Å²) in [5, 5.41) is 3.39. The minimum atomic E-state index is 0.678. The summed E-state index contributed by atoms with van der Waals surface area (Å²) in [6.45, 7) is 13.7. The van der Waals surface area contributed by atoms with Crippen molar-refractivity contribution >= 4 is 0 Å². The second-order valence-corrected chi connectivity index (χ2v) is 6.40. The fraction of sp³-hybridized carbons (Fsp3) is 1.00. The van der Waals surface area contributed by atoms with Crippen molar-refractivity contribution in [2.45, 2.75) is 46.5 Å². The molecule has 1 atom stereocenters. The molecule has 0 radical (unpaired) electrons. The molecule has 0 bridgehead atoms. The topological polar surface area (TPSA) is 15.3 Å². The molecule has 2 heterocycles. The number of hydrogen-bond acceptors (Lipinski definition) is 2. The number of nitrogens with one attached hydrogen (secondary N) is 1. The molecule has 100 valence electrons. The van der Waals surface area contributed by atoms with Crippen LogP contribution in [0.4, 0.5) is 0 Å². The summed E-state index contributed by atoms with van der Waals surface area (Å²) < 4.78 is 0. The Labute approximate surface area is 107 Å². The average Bonchev–Trinajstić information content (AvgIpc) is 2.28. The Morgan fingerprint density at radius 2 is 1.76 bits per heavy atom. The number of piperidine rings is 1. The second-order valence-electron chi connectivity index (χ2n) is 6.40. The molecule has 1 N–H and O–H groups in total. The zero-order chi connectivity index (χ0) is 12.3. The molecule has 0 aromatic heterocycles. The summed E-state index contributed by atoms with van der Waals surface area (Å²) in [5.74, 6) is 1.83. The van der Waals surface area contributed by atoms with Gasteiger partial charge in [-0.15, -0.1) is 0 Å². The van der Waals surface area contributed by atoms with Gasteiger partial charge in [0.15, 0.2) is 0 Å². The van der Waals surface area contributed by atoms with Crippen LogP contribution < -0.4 is 5.32 Å². The number of rotatable bonds is 5. The van der Waals surface area contributed by atoms with Crippen LogP contribution in [-0.4, -0.2) is 37.6 Å². The van der Waals surface area contributed by atoms with Gasteiger partial charge in [-0.05, 0) is 56.3 Å². The molecule has 2 nitrogen and oxygen atoms in total. The van der Waals surface area contributed by atoms with Crippen LogP contribution in [0.2, 0.25) is 0 Å². The van der Waals surface area contributed by atoms with Crippen molar-refractivity contribution in [3.8, 4) is 0 Å². The fourth-order valence-corrected chi connectivity index (χ4v) is 3.44. The largest absolute Gasteiger partial charge is 0.316 e. The number of hydrogen-bond donors (Lipinski definition) is 1. The molecule has 1 unspecified atom stereocenters. The maximum absolute atomic E-state index is 3.39. The Morgan fingerprint density at radius 3 is 2.18 bits per heavy atom. The Morgan fingerprint density at radius 1 is 1.18 bits per heavy atom. The molecule has 0 amide bonds. The first-order valence-electron chi connectivity index (χ1n) is 7.62. The Hall–Kier alpha value is -0.0800. The summed E-state index contributed by atoms with van der Waals surface area (Å²) >= 11 is 0. The van der Waals surface area contributed by atoms with Crippen molar-refractivity contribution in [1.82, 2.24) is 10.2 Å². The standard InChI is InChI=1S/C15H30N2/c1-4-15(5-2)6-8-17(9-7-15)12-13(3)14-10-16-11-14/h13-14,16H,4-12H2,1-3H3. The minimum absolute atomic E-state index is 0.678. The Kier molecular flexibility index (Phi) is 4.48. The average molecular weight is 238 g/mol. The number of likely N-dealkylation sites (tertiary alicyclic amines) is 1. The zero-order valence-corrected chi connectivity index (χ0v) is 12.0. The summed E-state index contributed by atoms with van der Waals surface area (Å²) in [6, 6.07) is 0. The molecular formula is C15H30N2. The van der Waals surface area contributed by atoms with Gasteiger partial charge < -0.3 is 10.2 Å². The molecule has 17 heavy (non-hydrogen) atoms. The van der Waals surface area contributed by atoms with Crippen molar-refractivity contribution in [3.05, 3.63) is 0 Å². The van der Waals surface area contributed by atoms with E-state index in [9.17, 15) is 0 Å². The van der Waals surface area contributed by atoms with E-state index in [0.29, 0.717) is 5.41 Å². The van der Waals surface area contributed by atoms with Gasteiger partial charge in [-0.3, -0.25) is 0 Å². The van der Waals surface area contributed by atoms with Gasteiger partial charge in [0.2, 0.25) is 0 Å². The zero-order valence-electron chi connectivity index (χ0n) is 12.0. The highest BCUT2D eigenvalue weighted by Crippen LogP contribution is 2.38. The molecule has 2 aliphatic rings. The molecule has 0 aromatic carbocycles. The molecule has 2 rings (SSSR count). The molecule has 2 heteroatoms. The fourth-order valence-electron chi connectivity index (χ4n) is 3.44. The first kappa shape index (κ1) is 13.4. The van der Waals surface area contributed by atoms with Gasteiger partial charge in [0, 0.05) is 6.54 Å². The van der Waals surface area contributed by atoms with Crippen LogP contribution in [0.15, 0.2) is 0 Å². The van der Waals surface area contributed by atoms with Crippen LogP contribution in [0.25, 0.3) is 0 Å². The van der Waals surface area contributed by atoms with Gasteiger partial charge in [0.1, 0.15) is 0 Å². The normalized spacial score (nSPS) is 27.7. The lowest BCUT2D eigenvalue weighted by Crippen LogP contribution is -2.49. The van der Waals surface area contributed by atoms with E-state index < -0.39 is 0 Å². The summed E-state index contributed by atoms with van der Waals surface area (Å²) in [7, 11) is 0. The lowest BCUT2D eigenvalue weighted by Gasteiger charge is -2.43. The van der Waals surface area contributed by atoms with Gasteiger partial charge in [0.25, 0.3) is 0 Å².